The summed E-state index contributed by atoms with van der Waals surface area (Å²) >= 11 is 0. The molecule has 2 rings (SSSR count). The zero-order valence-electron chi connectivity index (χ0n) is 12.5. The van der Waals surface area contributed by atoms with Gasteiger partial charge in [-0.15, -0.1) is 0 Å². The number of hydrogen-bond acceptors (Lipinski definition) is 2. The van der Waals surface area contributed by atoms with Crippen LogP contribution in [0.2, 0.25) is 0 Å². The molecule has 2 N–H and O–H groups in total. The molecule has 2 aromatic rings. The molecule has 0 fully saturated rings. The Morgan fingerprint density at radius 2 is 2.00 bits per heavy atom. The number of imidazole rings is 1. The van der Waals surface area contributed by atoms with E-state index >= 15 is 0 Å². The lowest BCUT2D eigenvalue weighted by atomic mass is 10.1. The summed E-state index contributed by atoms with van der Waals surface area (Å²) in [5.74, 6) is 1.10. The first-order valence-corrected chi connectivity index (χ1v) is 7.20. The summed E-state index contributed by atoms with van der Waals surface area (Å²) in [5.41, 5.74) is 3.79. The van der Waals surface area contributed by atoms with Crippen LogP contribution in [0.4, 0.5) is 0 Å². The van der Waals surface area contributed by atoms with E-state index < -0.39 is 0 Å². The molecule has 0 aliphatic carbocycles. The molecule has 0 bridgehead atoms. The van der Waals surface area contributed by atoms with Crippen molar-refractivity contribution in [3.8, 4) is 0 Å². The van der Waals surface area contributed by atoms with Gasteiger partial charge in [-0.2, -0.15) is 0 Å². The molecule has 0 radical (unpaired) electrons. The van der Waals surface area contributed by atoms with Gasteiger partial charge in [0, 0.05) is 12.0 Å². The van der Waals surface area contributed by atoms with E-state index in [0.29, 0.717) is 0 Å². The monoisotopic (exact) mass is 259 g/mol. The lowest BCUT2D eigenvalue weighted by molar-refractivity contribution is 0.429. The van der Waals surface area contributed by atoms with Crippen molar-refractivity contribution in [2.24, 2.45) is 0 Å². The Balaban J connectivity index is 2.04. The Kier molecular flexibility index (Phi) is 4.25. The average Bonchev–Trinajstić information content (AvgIpc) is 2.69. The lowest BCUT2D eigenvalue weighted by Gasteiger charge is -2.20. The highest BCUT2D eigenvalue weighted by Gasteiger charge is 2.08. The molecule has 1 aromatic heterocycles. The number of benzene rings is 1. The highest BCUT2D eigenvalue weighted by molar-refractivity contribution is 5.75. The zero-order chi connectivity index (χ0) is 13.9. The smallest absolute Gasteiger partial charge is 0.107 e. The topological polar surface area (TPSA) is 40.7 Å². The van der Waals surface area contributed by atoms with E-state index in [9.17, 15) is 0 Å². The molecule has 0 aliphatic heterocycles. The lowest BCUT2D eigenvalue weighted by Crippen LogP contribution is -2.37. The van der Waals surface area contributed by atoms with Crippen molar-refractivity contribution >= 4 is 11.0 Å². The van der Waals surface area contributed by atoms with Crippen LogP contribution in [-0.4, -0.2) is 22.1 Å². The summed E-state index contributed by atoms with van der Waals surface area (Å²) in [6.45, 7) is 9.77. The number of rotatable bonds is 5. The normalized spacial score (nSPS) is 12.2. The summed E-state index contributed by atoms with van der Waals surface area (Å²) < 4.78 is 0. The summed E-state index contributed by atoms with van der Waals surface area (Å²) in [7, 11) is 0. The minimum absolute atomic E-state index is 0.187. The van der Waals surface area contributed by atoms with Crippen LogP contribution in [-0.2, 0) is 12.8 Å². The maximum atomic E-state index is 4.59. The maximum absolute atomic E-state index is 4.59. The number of aromatic amines is 1. The molecule has 0 aliphatic rings. The van der Waals surface area contributed by atoms with E-state index in [2.05, 4.69) is 61.2 Å². The van der Waals surface area contributed by atoms with Crippen LogP contribution in [0.15, 0.2) is 18.2 Å². The van der Waals surface area contributed by atoms with Gasteiger partial charge in [0.2, 0.25) is 0 Å². The molecule has 0 atom stereocenters. The predicted octanol–water partition coefficient (Wildman–Crippen LogP) is 3.45. The van der Waals surface area contributed by atoms with Crippen molar-refractivity contribution in [2.75, 3.05) is 6.54 Å². The molecule has 19 heavy (non-hydrogen) atoms. The summed E-state index contributed by atoms with van der Waals surface area (Å²) in [4.78, 5) is 8.00. The van der Waals surface area contributed by atoms with Crippen molar-refractivity contribution in [1.82, 2.24) is 15.3 Å². The fraction of sp³-hybridized carbons (Fsp3) is 0.562. The molecule has 0 amide bonds. The van der Waals surface area contributed by atoms with Gasteiger partial charge < -0.3 is 10.3 Å². The van der Waals surface area contributed by atoms with Gasteiger partial charge in [-0.05, 0) is 57.9 Å². The Morgan fingerprint density at radius 1 is 1.21 bits per heavy atom. The Bertz CT molecular complexity index is 534. The molecular weight excluding hydrogens is 234 g/mol. The van der Waals surface area contributed by atoms with Gasteiger partial charge in [0.15, 0.2) is 0 Å². The van der Waals surface area contributed by atoms with Gasteiger partial charge in [-0.1, -0.05) is 13.0 Å². The number of H-pyrrole nitrogens is 1. The van der Waals surface area contributed by atoms with Gasteiger partial charge >= 0.3 is 0 Å². The summed E-state index contributed by atoms with van der Waals surface area (Å²) in [5, 5.41) is 3.52. The number of aromatic nitrogens is 2. The summed E-state index contributed by atoms with van der Waals surface area (Å²) in [6.07, 6.45) is 3.20. The van der Waals surface area contributed by atoms with Crippen molar-refractivity contribution in [3.05, 3.63) is 29.6 Å². The molecule has 1 aromatic carbocycles. The standard InChI is InChI=1S/C16H25N3/c1-5-6-15-18-13-8-7-12(11-14(13)19-15)9-10-17-16(2,3)4/h7-8,11,17H,5-6,9-10H2,1-4H3,(H,18,19). The highest BCUT2D eigenvalue weighted by atomic mass is 14.9. The average molecular weight is 259 g/mol. The van der Waals surface area contributed by atoms with Crippen LogP contribution in [0, 0.1) is 0 Å². The second-order valence-corrected chi connectivity index (χ2v) is 6.21. The third-order valence-corrected chi connectivity index (χ3v) is 3.15. The first-order valence-electron chi connectivity index (χ1n) is 7.20. The minimum atomic E-state index is 0.187. The number of nitrogens with one attached hydrogen (secondary N) is 2. The zero-order valence-corrected chi connectivity index (χ0v) is 12.5. The first-order chi connectivity index (χ1) is 8.98. The Morgan fingerprint density at radius 3 is 2.68 bits per heavy atom. The van der Waals surface area contributed by atoms with Crippen LogP contribution in [0.3, 0.4) is 0 Å². The van der Waals surface area contributed by atoms with Crippen LogP contribution in [0.5, 0.6) is 0 Å². The number of hydrogen-bond donors (Lipinski definition) is 2. The Labute approximate surface area is 115 Å². The molecule has 104 valence electrons. The van der Waals surface area contributed by atoms with Gasteiger partial charge in [0.05, 0.1) is 11.0 Å². The molecule has 3 heteroatoms. The third kappa shape index (κ3) is 4.06. The highest BCUT2D eigenvalue weighted by Crippen LogP contribution is 2.15. The molecule has 1 heterocycles. The van der Waals surface area contributed by atoms with Crippen molar-refractivity contribution in [2.45, 2.75) is 52.5 Å². The van der Waals surface area contributed by atoms with E-state index in [0.717, 1.165) is 42.7 Å². The van der Waals surface area contributed by atoms with E-state index in [1.54, 1.807) is 0 Å². The van der Waals surface area contributed by atoms with Gasteiger partial charge in [-0.25, -0.2) is 4.98 Å². The van der Waals surface area contributed by atoms with Crippen molar-refractivity contribution in [1.29, 1.82) is 0 Å². The fourth-order valence-electron chi connectivity index (χ4n) is 2.20. The molecule has 0 saturated heterocycles. The number of aryl methyl sites for hydroxylation is 1. The van der Waals surface area contributed by atoms with E-state index in [-0.39, 0.29) is 5.54 Å². The molecular formula is C16H25N3. The quantitative estimate of drug-likeness (QED) is 0.863. The number of nitrogens with zero attached hydrogens (tertiary/aromatic N) is 1. The molecule has 0 spiro atoms. The molecule has 0 saturated carbocycles. The van der Waals surface area contributed by atoms with E-state index in [4.69, 9.17) is 0 Å². The van der Waals surface area contributed by atoms with Gasteiger partial charge in [0.1, 0.15) is 5.82 Å². The SMILES string of the molecule is CCCc1nc2ccc(CCNC(C)(C)C)cc2[nH]1. The molecule has 3 nitrogen and oxygen atoms in total. The molecule has 0 unspecified atom stereocenters. The number of fused-ring (bicyclic) bond motifs is 1. The van der Waals surface area contributed by atoms with E-state index in [1.807, 2.05) is 0 Å². The third-order valence-electron chi connectivity index (χ3n) is 3.15. The second kappa shape index (κ2) is 5.74. The summed E-state index contributed by atoms with van der Waals surface area (Å²) in [6, 6.07) is 6.53. The maximum Gasteiger partial charge on any atom is 0.107 e. The van der Waals surface area contributed by atoms with Crippen LogP contribution in [0.25, 0.3) is 11.0 Å². The van der Waals surface area contributed by atoms with Crippen LogP contribution < -0.4 is 5.32 Å². The van der Waals surface area contributed by atoms with Gasteiger partial charge in [-0.3, -0.25) is 0 Å². The van der Waals surface area contributed by atoms with Crippen LogP contribution >= 0.6 is 0 Å². The van der Waals surface area contributed by atoms with Gasteiger partial charge in [0.25, 0.3) is 0 Å². The van der Waals surface area contributed by atoms with Crippen molar-refractivity contribution in [3.63, 3.8) is 0 Å². The Hall–Kier alpha value is -1.35. The largest absolute Gasteiger partial charge is 0.342 e. The van der Waals surface area contributed by atoms with Crippen molar-refractivity contribution < 1.29 is 0 Å². The first kappa shape index (κ1) is 14.1. The fourth-order valence-corrected chi connectivity index (χ4v) is 2.20. The van der Waals surface area contributed by atoms with E-state index in [1.165, 1.54) is 5.56 Å². The second-order valence-electron chi connectivity index (χ2n) is 6.21. The minimum Gasteiger partial charge on any atom is -0.342 e. The predicted molar refractivity (Wildman–Crippen MR) is 81.5 cm³/mol. The van der Waals surface area contributed by atoms with Crippen LogP contribution in [0.1, 0.15) is 45.5 Å².